The van der Waals surface area contributed by atoms with Crippen LogP contribution in [0.5, 0.6) is 0 Å². The molecule has 1 saturated heterocycles. The standard InChI is InChI=1S/C22H26N6O2/c1-22(17-8-9-17,19-26-21(30-27-19)28-10-2-3-18(29)13-28)16-6-4-14(5-7-16)15-11-24-20(23)25-12-15/h4-7,11-12,17-18,29H,2-3,8-10,13H2,1H3,(H2,23,24,25). The summed E-state index contributed by atoms with van der Waals surface area (Å²) in [4.78, 5) is 14.9. The topological polar surface area (TPSA) is 114 Å². The first-order chi connectivity index (χ1) is 14.5. The third kappa shape index (κ3) is 3.41. The molecule has 0 bridgehead atoms. The van der Waals surface area contributed by atoms with Gasteiger partial charge in [-0.3, -0.25) is 0 Å². The average Bonchev–Trinajstić information content (AvgIpc) is 3.51. The molecule has 3 aromatic rings. The maximum Gasteiger partial charge on any atom is 0.324 e. The van der Waals surface area contributed by atoms with Gasteiger partial charge in [-0.25, -0.2) is 9.97 Å². The Labute approximate surface area is 175 Å². The van der Waals surface area contributed by atoms with Crippen LogP contribution in [0, 0.1) is 5.92 Å². The first-order valence-electron chi connectivity index (χ1n) is 10.5. The lowest BCUT2D eigenvalue weighted by atomic mass is 9.77. The third-order valence-electron chi connectivity index (χ3n) is 6.43. The van der Waals surface area contributed by atoms with Crippen molar-refractivity contribution in [1.29, 1.82) is 0 Å². The lowest BCUT2D eigenvalue weighted by molar-refractivity contribution is 0.151. The zero-order valence-corrected chi connectivity index (χ0v) is 17.0. The van der Waals surface area contributed by atoms with Gasteiger partial charge in [-0.2, -0.15) is 4.98 Å². The quantitative estimate of drug-likeness (QED) is 0.665. The van der Waals surface area contributed by atoms with E-state index in [1.165, 1.54) is 0 Å². The molecule has 30 heavy (non-hydrogen) atoms. The van der Waals surface area contributed by atoms with Crippen molar-refractivity contribution < 1.29 is 9.63 Å². The van der Waals surface area contributed by atoms with E-state index in [1.54, 1.807) is 12.4 Å². The van der Waals surface area contributed by atoms with Crippen LogP contribution in [0.15, 0.2) is 41.2 Å². The highest BCUT2D eigenvalue weighted by Crippen LogP contribution is 2.50. The fourth-order valence-corrected chi connectivity index (χ4v) is 4.39. The Morgan fingerprint density at radius 3 is 2.50 bits per heavy atom. The molecule has 156 valence electrons. The van der Waals surface area contributed by atoms with Gasteiger partial charge in [-0.1, -0.05) is 29.4 Å². The van der Waals surface area contributed by atoms with Gasteiger partial charge >= 0.3 is 6.01 Å². The molecule has 2 fully saturated rings. The first kappa shape index (κ1) is 19.0. The van der Waals surface area contributed by atoms with Crippen molar-refractivity contribution >= 4 is 12.0 Å². The highest BCUT2D eigenvalue weighted by Gasteiger charge is 2.47. The number of nitrogens with zero attached hydrogens (tertiary/aromatic N) is 5. The number of nitrogens with two attached hydrogens (primary N) is 1. The number of piperidine rings is 1. The van der Waals surface area contributed by atoms with Crippen molar-refractivity contribution in [2.24, 2.45) is 5.92 Å². The van der Waals surface area contributed by atoms with E-state index in [9.17, 15) is 5.11 Å². The third-order valence-corrected chi connectivity index (χ3v) is 6.43. The Bertz CT molecular complexity index is 1010. The molecule has 5 rings (SSSR count). The average molecular weight is 406 g/mol. The molecule has 1 saturated carbocycles. The molecule has 2 atom stereocenters. The van der Waals surface area contributed by atoms with Crippen molar-refractivity contribution in [2.75, 3.05) is 23.7 Å². The smallest absolute Gasteiger partial charge is 0.324 e. The predicted octanol–water partition coefficient (Wildman–Crippen LogP) is 2.79. The van der Waals surface area contributed by atoms with Crippen molar-refractivity contribution in [3.63, 3.8) is 0 Å². The largest absolute Gasteiger partial charge is 0.391 e. The summed E-state index contributed by atoms with van der Waals surface area (Å²) in [6.45, 7) is 3.57. The minimum Gasteiger partial charge on any atom is -0.391 e. The number of anilines is 2. The van der Waals surface area contributed by atoms with Gasteiger partial charge in [0.15, 0.2) is 5.82 Å². The van der Waals surface area contributed by atoms with Gasteiger partial charge in [0.25, 0.3) is 0 Å². The second-order valence-electron chi connectivity index (χ2n) is 8.53. The number of aromatic nitrogens is 4. The Morgan fingerprint density at radius 2 is 1.83 bits per heavy atom. The van der Waals surface area contributed by atoms with Crippen LogP contribution in [0.2, 0.25) is 0 Å². The first-order valence-corrected chi connectivity index (χ1v) is 10.5. The molecule has 0 spiro atoms. The van der Waals surface area contributed by atoms with Crippen molar-refractivity contribution in [3.8, 4) is 11.1 Å². The van der Waals surface area contributed by atoms with Gasteiger partial charge in [-0.15, -0.1) is 0 Å². The maximum atomic E-state index is 9.97. The monoisotopic (exact) mass is 406 g/mol. The van der Waals surface area contributed by atoms with Crippen LogP contribution in [0.25, 0.3) is 11.1 Å². The van der Waals surface area contributed by atoms with Gasteiger partial charge in [0, 0.05) is 31.0 Å². The second kappa shape index (κ2) is 7.36. The number of aliphatic hydroxyl groups is 1. The van der Waals surface area contributed by atoms with E-state index in [2.05, 4.69) is 46.3 Å². The van der Waals surface area contributed by atoms with E-state index >= 15 is 0 Å². The van der Waals surface area contributed by atoms with Crippen LogP contribution in [0.3, 0.4) is 0 Å². The zero-order chi connectivity index (χ0) is 20.7. The zero-order valence-electron chi connectivity index (χ0n) is 17.0. The number of nitrogen functional groups attached to an aromatic ring is 1. The van der Waals surface area contributed by atoms with Gasteiger partial charge < -0.3 is 20.3 Å². The molecule has 3 N–H and O–H groups in total. The van der Waals surface area contributed by atoms with E-state index in [-0.39, 0.29) is 17.5 Å². The summed E-state index contributed by atoms with van der Waals surface area (Å²) in [5, 5.41) is 14.3. The molecular formula is C22H26N6O2. The summed E-state index contributed by atoms with van der Waals surface area (Å²) in [5.74, 6) is 1.47. The molecular weight excluding hydrogens is 380 g/mol. The summed E-state index contributed by atoms with van der Waals surface area (Å²) < 4.78 is 5.63. The van der Waals surface area contributed by atoms with Crippen LogP contribution in [0.4, 0.5) is 12.0 Å². The van der Waals surface area contributed by atoms with Crippen LogP contribution in [-0.2, 0) is 5.41 Å². The van der Waals surface area contributed by atoms with Crippen LogP contribution in [0.1, 0.15) is 44.0 Å². The second-order valence-corrected chi connectivity index (χ2v) is 8.53. The molecule has 2 aliphatic rings. The number of rotatable bonds is 5. The van der Waals surface area contributed by atoms with E-state index < -0.39 is 0 Å². The van der Waals surface area contributed by atoms with E-state index in [4.69, 9.17) is 15.2 Å². The SMILES string of the molecule is CC(c1ccc(-c2cnc(N)nc2)cc1)(c1noc(N2CCCC(O)C2)n1)C1CC1. The number of hydrogen-bond donors (Lipinski definition) is 2. The van der Waals surface area contributed by atoms with E-state index in [0.29, 0.717) is 24.3 Å². The molecule has 8 heteroatoms. The normalized spacial score (nSPS) is 21.4. The molecule has 1 aliphatic carbocycles. The highest BCUT2D eigenvalue weighted by molar-refractivity contribution is 5.62. The van der Waals surface area contributed by atoms with Crippen LogP contribution < -0.4 is 10.6 Å². The number of β-amino-alcohol motifs (C(OH)–C–C–N with tert-alkyl or cyclic N) is 1. The predicted molar refractivity (Wildman–Crippen MR) is 113 cm³/mol. The molecule has 2 unspecified atom stereocenters. The summed E-state index contributed by atoms with van der Waals surface area (Å²) in [7, 11) is 0. The minimum atomic E-state index is -0.339. The van der Waals surface area contributed by atoms with Gasteiger partial charge in [-0.05, 0) is 49.7 Å². The van der Waals surface area contributed by atoms with E-state index in [0.717, 1.165) is 48.9 Å². The lowest BCUT2D eigenvalue weighted by Gasteiger charge is -2.28. The fraction of sp³-hybridized carbons (Fsp3) is 0.455. The maximum absolute atomic E-state index is 9.97. The van der Waals surface area contributed by atoms with E-state index in [1.807, 2.05) is 4.90 Å². The molecule has 1 aliphatic heterocycles. The molecule has 2 aromatic heterocycles. The molecule has 0 radical (unpaired) electrons. The molecule has 3 heterocycles. The summed E-state index contributed by atoms with van der Waals surface area (Å²) in [6, 6.07) is 8.92. The number of aliphatic hydroxyl groups excluding tert-OH is 1. The Hall–Kier alpha value is -3.00. The van der Waals surface area contributed by atoms with Gasteiger partial charge in [0.05, 0.1) is 11.5 Å². The Balaban J connectivity index is 1.44. The van der Waals surface area contributed by atoms with Gasteiger partial charge in [0.1, 0.15) is 0 Å². The minimum absolute atomic E-state index is 0.269. The van der Waals surface area contributed by atoms with Crippen LogP contribution >= 0.6 is 0 Å². The Morgan fingerprint density at radius 1 is 1.10 bits per heavy atom. The summed E-state index contributed by atoms with van der Waals surface area (Å²) >= 11 is 0. The number of hydrogen-bond acceptors (Lipinski definition) is 8. The lowest BCUT2D eigenvalue weighted by Crippen LogP contribution is -2.38. The Kier molecular flexibility index (Phi) is 4.66. The van der Waals surface area contributed by atoms with Crippen molar-refractivity contribution in [1.82, 2.24) is 20.1 Å². The van der Waals surface area contributed by atoms with Crippen LogP contribution in [-0.4, -0.2) is 44.4 Å². The van der Waals surface area contributed by atoms with Crippen molar-refractivity contribution in [2.45, 2.75) is 44.1 Å². The highest BCUT2D eigenvalue weighted by atomic mass is 16.5. The number of benzene rings is 1. The fourth-order valence-electron chi connectivity index (χ4n) is 4.39. The molecule has 8 nitrogen and oxygen atoms in total. The van der Waals surface area contributed by atoms with Gasteiger partial charge in [0.2, 0.25) is 5.95 Å². The summed E-state index contributed by atoms with van der Waals surface area (Å²) in [6.07, 6.45) is 7.17. The molecule has 1 aromatic carbocycles. The summed E-state index contributed by atoms with van der Waals surface area (Å²) in [5.41, 5.74) is 8.40. The van der Waals surface area contributed by atoms with Crippen molar-refractivity contribution in [3.05, 3.63) is 48.0 Å². The molecule has 0 amide bonds.